The minimum Gasteiger partial charge on any atom is -0.347 e. The monoisotopic (exact) mass is 413 g/mol. The van der Waals surface area contributed by atoms with E-state index in [4.69, 9.17) is 0 Å². The number of aromatic nitrogens is 1. The number of hydrogen-bond donors (Lipinski definition) is 1. The lowest BCUT2D eigenvalue weighted by Crippen LogP contribution is -2.35. The Morgan fingerprint density at radius 2 is 1.86 bits per heavy atom. The predicted molar refractivity (Wildman–Crippen MR) is 109 cm³/mol. The summed E-state index contributed by atoms with van der Waals surface area (Å²) in [4.78, 5) is 12.5. The molecule has 2 heterocycles. The van der Waals surface area contributed by atoms with E-state index in [1.807, 2.05) is 6.07 Å². The molecular formula is C21H20FN3O3S. The van der Waals surface area contributed by atoms with Crippen molar-refractivity contribution in [2.45, 2.75) is 17.7 Å². The molecule has 0 spiro atoms. The Kier molecular flexibility index (Phi) is 4.87. The maximum Gasteiger partial charge on any atom is 0.272 e. The number of amides is 1. The third kappa shape index (κ3) is 3.63. The van der Waals surface area contributed by atoms with Gasteiger partial charge in [0.1, 0.15) is 11.5 Å². The molecule has 1 amide bonds. The van der Waals surface area contributed by atoms with E-state index in [1.54, 1.807) is 42.1 Å². The first-order valence-electron chi connectivity index (χ1n) is 9.20. The second kappa shape index (κ2) is 7.36. The van der Waals surface area contributed by atoms with Gasteiger partial charge in [0.25, 0.3) is 15.9 Å². The molecule has 4 rings (SSSR count). The number of nitrogens with zero attached hydrogens (tertiary/aromatic N) is 2. The normalized spacial score (nSPS) is 13.8. The van der Waals surface area contributed by atoms with Crippen molar-refractivity contribution in [3.63, 3.8) is 0 Å². The molecule has 0 atom stereocenters. The van der Waals surface area contributed by atoms with Gasteiger partial charge in [-0.1, -0.05) is 6.07 Å². The lowest BCUT2D eigenvalue weighted by atomic mass is 10.0. The summed E-state index contributed by atoms with van der Waals surface area (Å²) in [5.74, 6) is -0.769. The van der Waals surface area contributed by atoms with Gasteiger partial charge in [-0.3, -0.25) is 9.10 Å². The SMILES string of the molecule is Cn1cccc1C(=O)Nc1ccc2c(c1)N(S(=O)(=O)c1ccc(F)cc1)CCC2. The van der Waals surface area contributed by atoms with E-state index in [0.29, 0.717) is 30.0 Å². The number of sulfonamides is 1. The molecule has 150 valence electrons. The van der Waals surface area contributed by atoms with Crippen LogP contribution in [0.1, 0.15) is 22.5 Å². The summed E-state index contributed by atoms with van der Waals surface area (Å²) in [6, 6.07) is 13.6. The van der Waals surface area contributed by atoms with Crippen molar-refractivity contribution >= 4 is 27.3 Å². The van der Waals surface area contributed by atoms with E-state index >= 15 is 0 Å². The highest BCUT2D eigenvalue weighted by atomic mass is 32.2. The minimum atomic E-state index is -3.84. The highest BCUT2D eigenvalue weighted by Crippen LogP contribution is 2.34. The van der Waals surface area contributed by atoms with Crippen LogP contribution in [0.4, 0.5) is 15.8 Å². The molecule has 2 aromatic carbocycles. The molecule has 3 aromatic rings. The number of carbonyl (C=O) groups excluding carboxylic acids is 1. The molecule has 8 heteroatoms. The molecule has 0 radical (unpaired) electrons. The van der Waals surface area contributed by atoms with Crippen molar-refractivity contribution in [1.82, 2.24) is 4.57 Å². The van der Waals surface area contributed by atoms with Gasteiger partial charge in [-0.05, 0) is 66.9 Å². The number of nitrogens with one attached hydrogen (secondary N) is 1. The summed E-state index contributed by atoms with van der Waals surface area (Å²) in [5.41, 5.74) is 2.43. The van der Waals surface area contributed by atoms with Crippen LogP contribution in [0.3, 0.4) is 0 Å². The number of hydrogen-bond acceptors (Lipinski definition) is 3. The fourth-order valence-corrected chi connectivity index (χ4v) is 5.03. The van der Waals surface area contributed by atoms with Gasteiger partial charge in [0.15, 0.2) is 0 Å². The highest BCUT2D eigenvalue weighted by Gasteiger charge is 2.29. The molecule has 0 aliphatic carbocycles. The smallest absolute Gasteiger partial charge is 0.272 e. The zero-order chi connectivity index (χ0) is 20.6. The second-order valence-electron chi connectivity index (χ2n) is 6.94. The van der Waals surface area contributed by atoms with Crippen LogP contribution in [0.25, 0.3) is 0 Å². The van der Waals surface area contributed by atoms with Gasteiger partial charge < -0.3 is 9.88 Å². The highest BCUT2D eigenvalue weighted by molar-refractivity contribution is 7.92. The van der Waals surface area contributed by atoms with E-state index < -0.39 is 15.8 Å². The third-order valence-corrected chi connectivity index (χ3v) is 6.82. The fraction of sp³-hybridized carbons (Fsp3) is 0.190. The number of fused-ring (bicyclic) bond motifs is 1. The lowest BCUT2D eigenvalue weighted by Gasteiger charge is -2.31. The van der Waals surface area contributed by atoms with Crippen LogP contribution in [-0.2, 0) is 23.5 Å². The van der Waals surface area contributed by atoms with Crippen LogP contribution in [0, 0.1) is 5.82 Å². The van der Waals surface area contributed by atoms with E-state index in [-0.39, 0.29) is 10.8 Å². The number of anilines is 2. The number of aryl methyl sites for hydroxylation is 2. The number of carbonyl (C=O) groups is 1. The maximum atomic E-state index is 13.2. The summed E-state index contributed by atoms with van der Waals surface area (Å²) in [7, 11) is -2.06. The first kappa shape index (κ1) is 19.2. The fourth-order valence-electron chi connectivity index (χ4n) is 3.49. The Morgan fingerprint density at radius 3 is 2.55 bits per heavy atom. The largest absolute Gasteiger partial charge is 0.347 e. The Bertz CT molecular complexity index is 1170. The molecule has 29 heavy (non-hydrogen) atoms. The summed E-state index contributed by atoms with van der Waals surface area (Å²) in [6.07, 6.45) is 3.21. The number of halogens is 1. The molecule has 0 saturated heterocycles. The van der Waals surface area contributed by atoms with Gasteiger partial charge in [-0.25, -0.2) is 12.8 Å². The maximum absolute atomic E-state index is 13.2. The molecule has 6 nitrogen and oxygen atoms in total. The average Bonchev–Trinajstić information content (AvgIpc) is 3.14. The van der Waals surface area contributed by atoms with Crippen LogP contribution in [0.2, 0.25) is 0 Å². The Hall–Kier alpha value is -3.13. The Labute approximate surface area is 168 Å². The van der Waals surface area contributed by atoms with Crippen LogP contribution >= 0.6 is 0 Å². The van der Waals surface area contributed by atoms with Gasteiger partial charge in [0.2, 0.25) is 0 Å². The molecule has 0 bridgehead atoms. The van der Waals surface area contributed by atoms with E-state index in [9.17, 15) is 17.6 Å². The summed E-state index contributed by atoms with van der Waals surface area (Å²) < 4.78 is 42.5. The van der Waals surface area contributed by atoms with Gasteiger partial charge >= 0.3 is 0 Å². The molecule has 0 saturated carbocycles. The number of benzene rings is 2. The van der Waals surface area contributed by atoms with Crippen LogP contribution in [0.15, 0.2) is 65.7 Å². The minimum absolute atomic E-state index is 0.0324. The molecule has 1 aliphatic heterocycles. The zero-order valence-electron chi connectivity index (χ0n) is 15.8. The summed E-state index contributed by atoms with van der Waals surface area (Å²) in [5, 5.41) is 2.82. The standard InChI is InChI=1S/C21H20FN3O3S/c1-24-12-3-5-19(24)21(26)23-17-9-6-15-4-2-13-25(20(15)14-17)29(27,28)18-10-7-16(22)8-11-18/h3,5-12,14H,2,4,13H2,1H3,(H,23,26). The Morgan fingerprint density at radius 1 is 1.10 bits per heavy atom. The molecule has 1 N–H and O–H groups in total. The van der Waals surface area contributed by atoms with Gasteiger partial charge in [-0.15, -0.1) is 0 Å². The molecule has 1 aliphatic rings. The van der Waals surface area contributed by atoms with Crippen molar-refractivity contribution in [3.8, 4) is 0 Å². The lowest BCUT2D eigenvalue weighted by molar-refractivity contribution is 0.101. The van der Waals surface area contributed by atoms with Gasteiger partial charge in [0, 0.05) is 25.5 Å². The molecule has 0 fully saturated rings. The van der Waals surface area contributed by atoms with Crippen molar-refractivity contribution in [3.05, 3.63) is 77.9 Å². The van der Waals surface area contributed by atoms with E-state index in [0.717, 1.165) is 24.1 Å². The van der Waals surface area contributed by atoms with Crippen molar-refractivity contribution in [1.29, 1.82) is 0 Å². The first-order chi connectivity index (χ1) is 13.9. The Balaban J connectivity index is 1.68. The number of rotatable bonds is 4. The zero-order valence-corrected chi connectivity index (χ0v) is 16.6. The average molecular weight is 413 g/mol. The van der Waals surface area contributed by atoms with Gasteiger partial charge in [-0.2, -0.15) is 0 Å². The van der Waals surface area contributed by atoms with E-state index in [1.165, 1.54) is 16.4 Å². The quantitative estimate of drug-likeness (QED) is 0.711. The van der Waals surface area contributed by atoms with Crippen molar-refractivity contribution in [2.24, 2.45) is 7.05 Å². The van der Waals surface area contributed by atoms with Crippen LogP contribution in [0.5, 0.6) is 0 Å². The van der Waals surface area contributed by atoms with Crippen LogP contribution < -0.4 is 9.62 Å². The van der Waals surface area contributed by atoms with E-state index in [2.05, 4.69) is 5.32 Å². The third-order valence-electron chi connectivity index (χ3n) is 5.00. The summed E-state index contributed by atoms with van der Waals surface area (Å²) in [6.45, 7) is 0.321. The molecule has 0 unspecified atom stereocenters. The second-order valence-corrected chi connectivity index (χ2v) is 8.80. The summed E-state index contributed by atoms with van der Waals surface area (Å²) >= 11 is 0. The van der Waals surface area contributed by atoms with Crippen molar-refractivity contribution in [2.75, 3.05) is 16.2 Å². The van der Waals surface area contributed by atoms with Gasteiger partial charge in [0.05, 0.1) is 10.6 Å². The van der Waals surface area contributed by atoms with Crippen LogP contribution in [-0.4, -0.2) is 25.4 Å². The topological polar surface area (TPSA) is 71.4 Å². The molecule has 1 aromatic heterocycles. The molecular weight excluding hydrogens is 393 g/mol. The van der Waals surface area contributed by atoms with Crippen molar-refractivity contribution < 1.29 is 17.6 Å². The predicted octanol–water partition coefficient (Wildman–Crippen LogP) is 3.56. The first-order valence-corrected chi connectivity index (χ1v) is 10.6.